The fourth-order valence-electron chi connectivity index (χ4n) is 1.78. The van der Waals surface area contributed by atoms with Crippen LogP contribution in [-0.2, 0) is 11.3 Å². The van der Waals surface area contributed by atoms with Crippen molar-refractivity contribution in [3.8, 4) is 5.75 Å². The van der Waals surface area contributed by atoms with Crippen LogP contribution in [-0.4, -0.2) is 24.7 Å². The van der Waals surface area contributed by atoms with Crippen LogP contribution >= 0.6 is 0 Å². The van der Waals surface area contributed by atoms with Gasteiger partial charge in [0.25, 0.3) is 0 Å². The quantitative estimate of drug-likeness (QED) is 0.808. The average Bonchev–Trinajstić information content (AvgIpc) is 2.38. The molecule has 0 bridgehead atoms. The van der Waals surface area contributed by atoms with Crippen LogP contribution in [0.15, 0.2) is 18.2 Å². The number of hydrogen-bond acceptors (Lipinski definition) is 3. The first-order valence-electron chi connectivity index (χ1n) is 6.14. The Bertz CT molecular complexity index is 400. The molecule has 0 aliphatic carbocycles. The van der Waals surface area contributed by atoms with Crippen molar-refractivity contribution in [3.05, 3.63) is 29.3 Å². The van der Waals surface area contributed by atoms with Gasteiger partial charge in [-0.2, -0.15) is 0 Å². The zero-order valence-corrected chi connectivity index (χ0v) is 11.2. The molecule has 1 aromatic rings. The molecule has 1 rings (SSSR count). The van der Waals surface area contributed by atoms with Gasteiger partial charge in [-0.15, -0.1) is 0 Å². The maximum absolute atomic E-state index is 11.7. The van der Waals surface area contributed by atoms with Crippen LogP contribution in [0.2, 0.25) is 0 Å². The molecule has 0 saturated heterocycles. The lowest BCUT2D eigenvalue weighted by atomic mass is 10.1. The molecule has 2 N–H and O–H groups in total. The molecule has 0 saturated carbocycles. The van der Waals surface area contributed by atoms with E-state index in [0.29, 0.717) is 13.0 Å². The summed E-state index contributed by atoms with van der Waals surface area (Å²) in [7, 11) is 1.64. The molecule has 18 heavy (non-hydrogen) atoms. The minimum Gasteiger partial charge on any atom is -0.496 e. The molecule has 1 atom stereocenters. The van der Waals surface area contributed by atoms with Gasteiger partial charge >= 0.3 is 0 Å². The SMILES string of the molecule is CCC(CO)C(=O)NCc1ccc(OC)c(C)c1. The first-order chi connectivity index (χ1) is 8.62. The van der Waals surface area contributed by atoms with Gasteiger partial charge in [-0.25, -0.2) is 0 Å². The third kappa shape index (κ3) is 3.74. The summed E-state index contributed by atoms with van der Waals surface area (Å²) in [6, 6.07) is 5.80. The molecule has 0 aromatic heterocycles. The van der Waals surface area contributed by atoms with Gasteiger partial charge in [-0.1, -0.05) is 19.1 Å². The van der Waals surface area contributed by atoms with Crippen LogP contribution in [0.3, 0.4) is 0 Å². The lowest BCUT2D eigenvalue weighted by Gasteiger charge is -2.13. The van der Waals surface area contributed by atoms with E-state index >= 15 is 0 Å². The van der Waals surface area contributed by atoms with Gasteiger partial charge in [0.2, 0.25) is 5.91 Å². The normalized spacial score (nSPS) is 12.0. The van der Waals surface area contributed by atoms with Gasteiger partial charge < -0.3 is 15.2 Å². The predicted molar refractivity (Wildman–Crippen MR) is 70.4 cm³/mol. The maximum atomic E-state index is 11.7. The lowest BCUT2D eigenvalue weighted by Crippen LogP contribution is -2.31. The Labute approximate surface area is 108 Å². The van der Waals surface area contributed by atoms with Crippen LogP contribution in [0.25, 0.3) is 0 Å². The number of aliphatic hydroxyl groups is 1. The second kappa shape index (κ2) is 7.01. The van der Waals surface area contributed by atoms with Crippen molar-refractivity contribution < 1.29 is 14.6 Å². The molecule has 1 aromatic carbocycles. The second-order valence-corrected chi connectivity index (χ2v) is 4.31. The molecule has 1 unspecified atom stereocenters. The molecular weight excluding hydrogens is 230 g/mol. The van der Waals surface area contributed by atoms with E-state index in [1.54, 1.807) is 7.11 Å². The maximum Gasteiger partial charge on any atom is 0.225 e. The molecule has 0 aliphatic rings. The standard InChI is InChI=1S/C14H21NO3/c1-4-12(9-16)14(17)15-8-11-5-6-13(18-3)10(2)7-11/h5-7,12,16H,4,8-9H2,1-3H3,(H,15,17). The van der Waals surface area contributed by atoms with Crippen LogP contribution in [0.4, 0.5) is 0 Å². The average molecular weight is 251 g/mol. The zero-order chi connectivity index (χ0) is 13.5. The third-order valence-corrected chi connectivity index (χ3v) is 3.01. The highest BCUT2D eigenvalue weighted by Gasteiger charge is 2.14. The Kier molecular flexibility index (Phi) is 5.65. The molecule has 1 amide bonds. The lowest BCUT2D eigenvalue weighted by molar-refractivity contribution is -0.126. The monoisotopic (exact) mass is 251 g/mol. The Morgan fingerprint density at radius 2 is 2.22 bits per heavy atom. The molecule has 0 heterocycles. The van der Waals surface area contributed by atoms with E-state index in [4.69, 9.17) is 9.84 Å². The van der Waals surface area contributed by atoms with Crippen LogP contribution in [0, 0.1) is 12.8 Å². The summed E-state index contributed by atoms with van der Waals surface area (Å²) in [6.07, 6.45) is 0.643. The van der Waals surface area contributed by atoms with Gasteiger partial charge in [-0.3, -0.25) is 4.79 Å². The number of carbonyl (C=O) groups is 1. The number of carbonyl (C=O) groups excluding carboxylic acids is 1. The van der Waals surface area contributed by atoms with Crippen molar-refractivity contribution in [2.75, 3.05) is 13.7 Å². The number of rotatable bonds is 6. The fraction of sp³-hybridized carbons (Fsp3) is 0.500. The predicted octanol–water partition coefficient (Wildman–Crippen LogP) is 1.64. The summed E-state index contributed by atoms with van der Waals surface area (Å²) in [5, 5.41) is 11.9. The Hall–Kier alpha value is -1.55. The Morgan fingerprint density at radius 1 is 1.50 bits per heavy atom. The van der Waals surface area contributed by atoms with Crippen molar-refractivity contribution in [3.63, 3.8) is 0 Å². The number of benzene rings is 1. The number of hydrogen-bond donors (Lipinski definition) is 2. The van der Waals surface area contributed by atoms with E-state index in [-0.39, 0.29) is 18.4 Å². The van der Waals surface area contributed by atoms with Crippen LogP contribution < -0.4 is 10.1 Å². The van der Waals surface area contributed by atoms with Gasteiger partial charge in [-0.05, 0) is 30.5 Å². The first kappa shape index (κ1) is 14.5. The Morgan fingerprint density at radius 3 is 2.72 bits per heavy atom. The molecule has 0 fully saturated rings. The van der Waals surface area contributed by atoms with Crippen LogP contribution in [0.5, 0.6) is 5.75 Å². The third-order valence-electron chi connectivity index (χ3n) is 3.01. The summed E-state index contributed by atoms with van der Waals surface area (Å²) < 4.78 is 5.18. The van der Waals surface area contributed by atoms with E-state index in [1.807, 2.05) is 32.0 Å². The molecule has 0 aliphatic heterocycles. The highest BCUT2D eigenvalue weighted by Crippen LogP contribution is 2.18. The highest BCUT2D eigenvalue weighted by molar-refractivity contribution is 5.78. The largest absolute Gasteiger partial charge is 0.496 e. The van der Waals surface area contributed by atoms with Crippen molar-refractivity contribution in [1.29, 1.82) is 0 Å². The summed E-state index contributed by atoms with van der Waals surface area (Å²) >= 11 is 0. The van der Waals surface area contributed by atoms with Gasteiger partial charge in [0.15, 0.2) is 0 Å². The summed E-state index contributed by atoms with van der Waals surface area (Å²) in [5.74, 6) is 0.421. The number of methoxy groups -OCH3 is 1. The number of nitrogens with one attached hydrogen (secondary N) is 1. The van der Waals surface area contributed by atoms with E-state index in [0.717, 1.165) is 16.9 Å². The fourth-order valence-corrected chi connectivity index (χ4v) is 1.78. The molecule has 0 spiro atoms. The minimum absolute atomic E-state index is 0.103. The summed E-state index contributed by atoms with van der Waals surface area (Å²) in [5.41, 5.74) is 2.06. The van der Waals surface area contributed by atoms with E-state index in [9.17, 15) is 4.79 Å². The van der Waals surface area contributed by atoms with Crippen molar-refractivity contribution in [2.45, 2.75) is 26.8 Å². The van der Waals surface area contributed by atoms with E-state index < -0.39 is 0 Å². The molecular formula is C14H21NO3. The molecule has 0 radical (unpaired) electrons. The van der Waals surface area contributed by atoms with Gasteiger partial charge in [0.1, 0.15) is 5.75 Å². The van der Waals surface area contributed by atoms with E-state index in [1.165, 1.54) is 0 Å². The van der Waals surface area contributed by atoms with Gasteiger partial charge in [0, 0.05) is 6.54 Å². The number of aliphatic hydroxyl groups excluding tert-OH is 1. The summed E-state index contributed by atoms with van der Waals surface area (Å²) in [6.45, 7) is 4.22. The number of amides is 1. The minimum atomic E-state index is -0.315. The zero-order valence-electron chi connectivity index (χ0n) is 11.2. The van der Waals surface area contributed by atoms with Crippen molar-refractivity contribution in [2.24, 2.45) is 5.92 Å². The van der Waals surface area contributed by atoms with Crippen molar-refractivity contribution >= 4 is 5.91 Å². The topological polar surface area (TPSA) is 58.6 Å². The van der Waals surface area contributed by atoms with Crippen LogP contribution in [0.1, 0.15) is 24.5 Å². The number of aryl methyl sites for hydroxylation is 1. The van der Waals surface area contributed by atoms with Gasteiger partial charge in [0.05, 0.1) is 19.6 Å². The highest BCUT2D eigenvalue weighted by atomic mass is 16.5. The molecule has 100 valence electrons. The molecule has 4 heteroatoms. The number of ether oxygens (including phenoxy) is 1. The van der Waals surface area contributed by atoms with Crippen molar-refractivity contribution in [1.82, 2.24) is 5.32 Å². The summed E-state index contributed by atoms with van der Waals surface area (Å²) in [4.78, 5) is 11.7. The van der Waals surface area contributed by atoms with E-state index in [2.05, 4.69) is 5.32 Å². The second-order valence-electron chi connectivity index (χ2n) is 4.31. The first-order valence-corrected chi connectivity index (χ1v) is 6.14. The smallest absolute Gasteiger partial charge is 0.225 e. The Balaban J connectivity index is 2.58. The molecule has 4 nitrogen and oxygen atoms in total.